The normalized spacial score (nSPS) is 19.4. The lowest BCUT2D eigenvalue weighted by molar-refractivity contribution is -0.121. The molecule has 1 amide bonds. The summed E-state index contributed by atoms with van der Waals surface area (Å²) in [5.74, 6) is 0.0197. The zero-order valence-corrected chi connectivity index (χ0v) is 12.1. The fourth-order valence-corrected chi connectivity index (χ4v) is 3.33. The first-order chi connectivity index (χ1) is 8.37. The summed E-state index contributed by atoms with van der Waals surface area (Å²) in [4.78, 5) is 11.7. The van der Waals surface area contributed by atoms with Crippen LogP contribution in [-0.4, -0.2) is 45.0 Å². The topological polar surface area (TPSA) is 75.3 Å². The quantitative estimate of drug-likeness (QED) is 0.739. The summed E-state index contributed by atoms with van der Waals surface area (Å²) in [6.45, 7) is 1.96. The van der Waals surface area contributed by atoms with Crippen LogP contribution in [0.25, 0.3) is 0 Å². The van der Waals surface area contributed by atoms with Gasteiger partial charge in [0.15, 0.2) is 0 Å². The summed E-state index contributed by atoms with van der Waals surface area (Å²) >= 11 is 0. The van der Waals surface area contributed by atoms with E-state index in [1.165, 1.54) is 25.5 Å². The van der Waals surface area contributed by atoms with Crippen molar-refractivity contribution in [3.05, 3.63) is 0 Å². The fourth-order valence-electron chi connectivity index (χ4n) is 2.31. The molecule has 0 heterocycles. The maximum absolute atomic E-state index is 11.7. The zero-order chi connectivity index (χ0) is 13.6. The van der Waals surface area contributed by atoms with Gasteiger partial charge in [-0.2, -0.15) is 0 Å². The largest absolute Gasteiger partial charge is 0.352 e. The molecule has 0 spiro atoms. The van der Waals surface area contributed by atoms with Crippen molar-refractivity contribution >= 4 is 15.7 Å². The van der Waals surface area contributed by atoms with Gasteiger partial charge in [0.2, 0.25) is 5.91 Å². The summed E-state index contributed by atoms with van der Waals surface area (Å²) in [5.41, 5.74) is 0. The molecule has 1 fully saturated rings. The van der Waals surface area contributed by atoms with Crippen molar-refractivity contribution in [1.29, 1.82) is 0 Å². The van der Waals surface area contributed by atoms with Crippen molar-refractivity contribution in [2.45, 2.75) is 51.1 Å². The van der Waals surface area contributed by atoms with Crippen LogP contribution in [0.15, 0.2) is 0 Å². The molecule has 0 aliphatic heterocycles. The molecular formula is C12H24N2O3S. The Hall–Kier alpha value is -0.620. The van der Waals surface area contributed by atoms with Gasteiger partial charge < -0.3 is 10.6 Å². The molecule has 1 aliphatic carbocycles. The van der Waals surface area contributed by atoms with Gasteiger partial charge in [0.1, 0.15) is 9.84 Å². The van der Waals surface area contributed by atoms with Crippen molar-refractivity contribution in [2.75, 3.05) is 18.6 Å². The number of amides is 1. The van der Waals surface area contributed by atoms with Crippen LogP contribution in [0, 0.1) is 0 Å². The Bertz CT molecular complexity index is 362. The molecule has 0 saturated heterocycles. The highest BCUT2D eigenvalue weighted by Gasteiger charge is 2.16. The van der Waals surface area contributed by atoms with E-state index >= 15 is 0 Å². The molecule has 0 aromatic heterocycles. The maximum Gasteiger partial charge on any atom is 0.234 e. The number of hydrogen-bond acceptors (Lipinski definition) is 4. The van der Waals surface area contributed by atoms with E-state index in [-0.39, 0.29) is 24.2 Å². The third-order valence-electron chi connectivity index (χ3n) is 3.13. The van der Waals surface area contributed by atoms with Gasteiger partial charge in [-0.25, -0.2) is 8.42 Å². The summed E-state index contributed by atoms with van der Waals surface area (Å²) < 4.78 is 22.1. The molecule has 1 rings (SSSR count). The lowest BCUT2D eigenvalue weighted by Gasteiger charge is -2.23. The van der Waals surface area contributed by atoms with Gasteiger partial charge in [0.25, 0.3) is 0 Å². The predicted octanol–water partition coefficient (Wildman–Crippen LogP) is 0.458. The molecule has 0 radical (unpaired) electrons. The van der Waals surface area contributed by atoms with Gasteiger partial charge in [0, 0.05) is 18.3 Å². The van der Waals surface area contributed by atoms with Crippen molar-refractivity contribution in [3.63, 3.8) is 0 Å². The molecule has 0 aromatic carbocycles. The molecular weight excluding hydrogens is 252 g/mol. The van der Waals surface area contributed by atoms with Crippen LogP contribution >= 0.6 is 0 Å². The van der Waals surface area contributed by atoms with Gasteiger partial charge in [-0.3, -0.25) is 4.79 Å². The Kier molecular flexibility index (Phi) is 6.08. The second-order valence-corrected chi connectivity index (χ2v) is 7.46. The monoisotopic (exact) mass is 276 g/mol. The standard InChI is InChI=1S/C12H24N2O3S/c1-10(9-18(2,16)17)13-8-12(15)14-11-6-4-3-5-7-11/h10-11,13H,3-9H2,1-2H3,(H,14,15). The van der Waals surface area contributed by atoms with Gasteiger partial charge in [-0.15, -0.1) is 0 Å². The Morgan fingerprint density at radius 2 is 1.89 bits per heavy atom. The van der Waals surface area contributed by atoms with Crippen LogP contribution in [0.4, 0.5) is 0 Å². The van der Waals surface area contributed by atoms with Crippen LogP contribution in [0.3, 0.4) is 0 Å². The highest BCUT2D eigenvalue weighted by Crippen LogP contribution is 2.17. The number of carbonyl (C=O) groups is 1. The Balaban J connectivity index is 2.19. The lowest BCUT2D eigenvalue weighted by Crippen LogP contribution is -2.44. The first-order valence-electron chi connectivity index (χ1n) is 6.57. The number of carbonyl (C=O) groups excluding carboxylic acids is 1. The molecule has 1 atom stereocenters. The molecule has 2 N–H and O–H groups in total. The predicted molar refractivity (Wildman–Crippen MR) is 72.2 cm³/mol. The minimum absolute atomic E-state index is 0.0396. The highest BCUT2D eigenvalue weighted by molar-refractivity contribution is 7.90. The van der Waals surface area contributed by atoms with Crippen LogP contribution in [-0.2, 0) is 14.6 Å². The lowest BCUT2D eigenvalue weighted by atomic mass is 9.95. The first-order valence-corrected chi connectivity index (χ1v) is 8.63. The SMILES string of the molecule is CC(CS(C)(=O)=O)NCC(=O)NC1CCCCC1. The minimum atomic E-state index is -2.99. The third kappa shape index (κ3) is 6.96. The van der Waals surface area contributed by atoms with Crippen LogP contribution in [0.1, 0.15) is 39.0 Å². The van der Waals surface area contributed by atoms with Crippen LogP contribution in [0.2, 0.25) is 0 Å². The van der Waals surface area contributed by atoms with E-state index in [0.29, 0.717) is 6.04 Å². The second kappa shape index (κ2) is 7.09. The first kappa shape index (κ1) is 15.4. The van der Waals surface area contributed by atoms with Crippen molar-refractivity contribution in [3.8, 4) is 0 Å². The van der Waals surface area contributed by atoms with E-state index in [1.807, 2.05) is 0 Å². The molecule has 1 saturated carbocycles. The van der Waals surface area contributed by atoms with E-state index in [2.05, 4.69) is 10.6 Å². The number of rotatable bonds is 6. The molecule has 0 bridgehead atoms. The van der Waals surface area contributed by atoms with Crippen LogP contribution in [0.5, 0.6) is 0 Å². The van der Waals surface area contributed by atoms with Gasteiger partial charge in [0.05, 0.1) is 12.3 Å². The van der Waals surface area contributed by atoms with E-state index in [1.54, 1.807) is 6.92 Å². The average molecular weight is 276 g/mol. The summed E-state index contributed by atoms with van der Waals surface area (Å²) in [5, 5.41) is 5.92. The van der Waals surface area contributed by atoms with Crippen LogP contribution < -0.4 is 10.6 Å². The number of hydrogen-bond donors (Lipinski definition) is 2. The Morgan fingerprint density at radius 1 is 1.28 bits per heavy atom. The Morgan fingerprint density at radius 3 is 2.44 bits per heavy atom. The Labute approximate surface area is 110 Å². The summed E-state index contributed by atoms with van der Waals surface area (Å²) in [7, 11) is -2.99. The van der Waals surface area contributed by atoms with E-state index < -0.39 is 9.84 Å². The number of sulfone groups is 1. The molecule has 1 aliphatic rings. The smallest absolute Gasteiger partial charge is 0.234 e. The zero-order valence-electron chi connectivity index (χ0n) is 11.2. The van der Waals surface area contributed by atoms with Crippen molar-refractivity contribution in [1.82, 2.24) is 10.6 Å². The molecule has 1 unspecified atom stereocenters. The second-order valence-electron chi connectivity index (χ2n) is 5.28. The molecule has 18 heavy (non-hydrogen) atoms. The highest BCUT2D eigenvalue weighted by atomic mass is 32.2. The van der Waals surface area contributed by atoms with E-state index in [0.717, 1.165) is 12.8 Å². The molecule has 0 aromatic rings. The fraction of sp³-hybridized carbons (Fsp3) is 0.917. The third-order valence-corrected chi connectivity index (χ3v) is 4.24. The van der Waals surface area contributed by atoms with Crippen molar-refractivity contribution in [2.24, 2.45) is 0 Å². The molecule has 6 heteroatoms. The van der Waals surface area contributed by atoms with Gasteiger partial charge in [-0.1, -0.05) is 19.3 Å². The summed E-state index contributed by atoms with van der Waals surface area (Å²) in [6, 6.07) is 0.107. The van der Waals surface area contributed by atoms with E-state index in [9.17, 15) is 13.2 Å². The molecule has 106 valence electrons. The molecule has 5 nitrogen and oxygen atoms in total. The minimum Gasteiger partial charge on any atom is -0.352 e. The average Bonchev–Trinajstić information content (AvgIpc) is 2.25. The summed E-state index contributed by atoms with van der Waals surface area (Å²) in [6.07, 6.45) is 6.95. The maximum atomic E-state index is 11.7. The van der Waals surface area contributed by atoms with Gasteiger partial charge >= 0.3 is 0 Å². The van der Waals surface area contributed by atoms with E-state index in [4.69, 9.17) is 0 Å². The van der Waals surface area contributed by atoms with Gasteiger partial charge in [-0.05, 0) is 19.8 Å². The van der Waals surface area contributed by atoms with Crippen molar-refractivity contribution < 1.29 is 13.2 Å². The number of nitrogens with one attached hydrogen (secondary N) is 2.